The summed E-state index contributed by atoms with van der Waals surface area (Å²) in [4.78, 5) is 20.3. The third-order valence-electron chi connectivity index (χ3n) is 4.14. The molecule has 1 aromatic heterocycles. The maximum absolute atomic E-state index is 13.8. The van der Waals surface area contributed by atoms with Crippen molar-refractivity contribution < 1.29 is 13.6 Å². The molecule has 23 heavy (non-hydrogen) atoms. The Morgan fingerprint density at radius 1 is 1.39 bits per heavy atom. The van der Waals surface area contributed by atoms with Gasteiger partial charge in [-0.15, -0.1) is 0 Å². The first kappa shape index (κ1) is 16.3. The van der Waals surface area contributed by atoms with Gasteiger partial charge in [-0.2, -0.15) is 0 Å². The number of hydrogen-bond acceptors (Lipinski definition) is 4. The van der Waals surface area contributed by atoms with Crippen molar-refractivity contribution in [3.05, 3.63) is 23.8 Å². The zero-order valence-corrected chi connectivity index (χ0v) is 14.0. The third kappa shape index (κ3) is 3.50. The Hall–Kier alpha value is -1.60. The van der Waals surface area contributed by atoms with Crippen molar-refractivity contribution in [3.8, 4) is 0 Å². The lowest BCUT2D eigenvalue weighted by Crippen LogP contribution is -2.39. The number of nitrogens with zero attached hydrogens (tertiary/aromatic N) is 3. The summed E-state index contributed by atoms with van der Waals surface area (Å²) in [6.07, 6.45) is 2.39. The molecule has 0 saturated carbocycles. The Labute approximate surface area is 137 Å². The molecule has 0 radical (unpaired) electrons. The number of halogens is 2. The number of carbonyl (C=O) groups excluding carboxylic acids is 1. The highest BCUT2D eigenvalue weighted by Crippen LogP contribution is 2.34. The van der Waals surface area contributed by atoms with Gasteiger partial charge >= 0.3 is 0 Å². The Balaban J connectivity index is 1.75. The molecule has 1 fully saturated rings. The molecule has 0 N–H and O–H groups in total. The molecule has 1 unspecified atom stereocenters. The number of hydrogen-bond donors (Lipinski definition) is 0. The monoisotopic (exact) mass is 339 g/mol. The molecular weight excluding hydrogens is 320 g/mol. The number of carbonyl (C=O) groups is 1. The van der Waals surface area contributed by atoms with Gasteiger partial charge in [0.25, 0.3) is 0 Å². The first-order chi connectivity index (χ1) is 10.9. The predicted molar refractivity (Wildman–Crippen MR) is 87.8 cm³/mol. The fraction of sp³-hybridized carbons (Fsp3) is 0.500. The minimum Gasteiger partial charge on any atom is -0.309 e. The van der Waals surface area contributed by atoms with Crippen molar-refractivity contribution in [2.24, 2.45) is 5.92 Å². The lowest BCUT2D eigenvalue weighted by atomic mass is 9.93. The van der Waals surface area contributed by atoms with Gasteiger partial charge in [0.15, 0.2) is 10.9 Å². The van der Waals surface area contributed by atoms with Gasteiger partial charge in [-0.25, -0.2) is 13.8 Å². The van der Waals surface area contributed by atoms with Crippen LogP contribution in [0.15, 0.2) is 12.1 Å². The maximum Gasteiger partial charge on any atom is 0.229 e. The van der Waals surface area contributed by atoms with Crippen LogP contribution >= 0.6 is 11.3 Å². The molecule has 124 valence electrons. The molecule has 2 aromatic rings. The fourth-order valence-corrected chi connectivity index (χ4v) is 3.89. The van der Waals surface area contributed by atoms with Gasteiger partial charge in [0.2, 0.25) is 5.91 Å². The van der Waals surface area contributed by atoms with Gasteiger partial charge < -0.3 is 4.90 Å². The van der Waals surface area contributed by atoms with Crippen LogP contribution in [-0.2, 0) is 4.79 Å². The first-order valence-electron chi connectivity index (χ1n) is 7.64. The molecule has 0 bridgehead atoms. The van der Waals surface area contributed by atoms with E-state index in [1.54, 1.807) is 4.90 Å². The van der Waals surface area contributed by atoms with Crippen LogP contribution in [0.3, 0.4) is 0 Å². The van der Waals surface area contributed by atoms with Crippen molar-refractivity contribution in [1.29, 1.82) is 0 Å². The van der Waals surface area contributed by atoms with Gasteiger partial charge in [-0.1, -0.05) is 11.3 Å². The number of rotatable bonds is 4. The molecule has 0 spiro atoms. The number of benzene rings is 1. The van der Waals surface area contributed by atoms with Crippen LogP contribution in [0.1, 0.15) is 19.3 Å². The van der Waals surface area contributed by atoms with Crippen LogP contribution in [-0.4, -0.2) is 43.0 Å². The highest BCUT2D eigenvalue weighted by Gasteiger charge is 2.29. The number of thiazole rings is 1. The smallest absolute Gasteiger partial charge is 0.229 e. The average Bonchev–Trinajstić information content (AvgIpc) is 2.89. The highest BCUT2D eigenvalue weighted by atomic mass is 32.1. The number of aromatic nitrogens is 1. The standard InChI is InChI=1S/C16H19F2N3OS/c1-20(2)5-3-10-4-6-21(14(22)7-10)16-19-15-12(18)8-11(17)9-13(15)23-16/h8-10H,3-7H2,1-2H3. The van der Waals surface area contributed by atoms with E-state index in [0.29, 0.717) is 28.7 Å². The van der Waals surface area contributed by atoms with Crippen molar-refractivity contribution in [1.82, 2.24) is 9.88 Å². The van der Waals surface area contributed by atoms with E-state index in [1.165, 1.54) is 6.07 Å². The molecule has 1 saturated heterocycles. The van der Waals surface area contributed by atoms with Crippen molar-refractivity contribution in [2.75, 3.05) is 32.1 Å². The van der Waals surface area contributed by atoms with Gasteiger partial charge in [0.1, 0.15) is 11.3 Å². The molecule has 1 aliphatic heterocycles. The van der Waals surface area contributed by atoms with Crippen molar-refractivity contribution in [3.63, 3.8) is 0 Å². The van der Waals surface area contributed by atoms with E-state index in [4.69, 9.17) is 0 Å². The van der Waals surface area contributed by atoms with Crippen LogP contribution in [0.5, 0.6) is 0 Å². The largest absolute Gasteiger partial charge is 0.309 e. The van der Waals surface area contributed by atoms with E-state index >= 15 is 0 Å². The van der Waals surface area contributed by atoms with Crippen LogP contribution in [0.25, 0.3) is 10.2 Å². The number of piperidine rings is 1. The summed E-state index contributed by atoms with van der Waals surface area (Å²) in [7, 11) is 4.04. The molecule has 3 rings (SSSR count). The van der Waals surface area contributed by atoms with Gasteiger partial charge in [0, 0.05) is 19.0 Å². The Kier molecular flexibility index (Phi) is 4.59. The summed E-state index contributed by atoms with van der Waals surface area (Å²) in [6.45, 7) is 1.55. The Morgan fingerprint density at radius 2 is 2.17 bits per heavy atom. The molecule has 1 amide bonds. The summed E-state index contributed by atoms with van der Waals surface area (Å²) in [5, 5.41) is 0.459. The lowest BCUT2D eigenvalue weighted by Gasteiger charge is -2.30. The average molecular weight is 339 g/mol. The molecule has 1 aromatic carbocycles. The minimum atomic E-state index is -0.684. The van der Waals surface area contributed by atoms with Crippen LogP contribution in [0, 0.1) is 17.6 Å². The maximum atomic E-state index is 13.8. The molecule has 4 nitrogen and oxygen atoms in total. The quantitative estimate of drug-likeness (QED) is 0.858. The van der Waals surface area contributed by atoms with Crippen molar-refractivity contribution >= 4 is 32.6 Å². The topological polar surface area (TPSA) is 36.4 Å². The van der Waals surface area contributed by atoms with Crippen molar-refractivity contribution in [2.45, 2.75) is 19.3 Å². The minimum absolute atomic E-state index is 0.0138. The summed E-state index contributed by atoms with van der Waals surface area (Å²) in [6, 6.07) is 2.08. The van der Waals surface area contributed by atoms with E-state index < -0.39 is 11.6 Å². The zero-order valence-electron chi connectivity index (χ0n) is 13.2. The van der Waals surface area contributed by atoms with Crippen LogP contribution in [0.4, 0.5) is 13.9 Å². The summed E-state index contributed by atoms with van der Waals surface area (Å²) in [5.41, 5.74) is 0.133. The van der Waals surface area contributed by atoms with Gasteiger partial charge in [-0.05, 0) is 45.5 Å². The van der Waals surface area contributed by atoms with Crippen LogP contribution in [0.2, 0.25) is 0 Å². The first-order valence-corrected chi connectivity index (χ1v) is 8.46. The zero-order chi connectivity index (χ0) is 16.6. The molecule has 2 heterocycles. The highest BCUT2D eigenvalue weighted by molar-refractivity contribution is 7.22. The normalized spacial score (nSPS) is 19.1. The van der Waals surface area contributed by atoms with E-state index in [0.717, 1.165) is 36.8 Å². The van der Waals surface area contributed by atoms with E-state index in [-0.39, 0.29) is 11.4 Å². The fourth-order valence-electron chi connectivity index (χ4n) is 2.85. The van der Waals surface area contributed by atoms with Gasteiger partial charge in [0.05, 0.1) is 4.70 Å². The Morgan fingerprint density at radius 3 is 2.87 bits per heavy atom. The number of amides is 1. The number of fused-ring (bicyclic) bond motifs is 1. The summed E-state index contributed by atoms with van der Waals surface area (Å²) < 4.78 is 27.5. The van der Waals surface area contributed by atoms with Crippen LogP contribution < -0.4 is 4.90 Å². The predicted octanol–water partition coefficient (Wildman–Crippen LogP) is 3.27. The second kappa shape index (κ2) is 6.49. The van der Waals surface area contributed by atoms with Gasteiger partial charge in [-0.3, -0.25) is 9.69 Å². The second-order valence-electron chi connectivity index (χ2n) is 6.23. The molecule has 1 aliphatic rings. The molecule has 7 heteroatoms. The SMILES string of the molecule is CN(C)CCC1CCN(c2nc3c(F)cc(F)cc3s2)C(=O)C1. The van der Waals surface area contributed by atoms with E-state index in [9.17, 15) is 13.6 Å². The molecular formula is C16H19F2N3OS. The summed E-state index contributed by atoms with van der Waals surface area (Å²) >= 11 is 1.16. The number of anilines is 1. The molecule has 1 atom stereocenters. The van der Waals surface area contributed by atoms with E-state index in [1.807, 2.05) is 14.1 Å². The lowest BCUT2D eigenvalue weighted by molar-refractivity contribution is -0.120. The Bertz CT molecular complexity index is 731. The second-order valence-corrected chi connectivity index (χ2v) is 7.24. The summed E-state index contributed by atoms with van der Waals surface area (Å²) in [5.74, 6) is -0.917. The van der Waals surface area contributed by atoms with E-state index in [2.05, 4.69) is 9.88 Å². The molecule has 0 aliphatic carbocycles. The third-order valence-corrected chi connectivity index (χ3v) is 5.17.